The van der Waals surface area contributed by atoms with Gasteiger partial charge in [-0.25, -0.2) is 0 Å². The maximum Gasteiger partial charge on any atom is 0.314 e. The molecule has 5 heteroatoms. The van der Waals surface area contributed by atoms with E-state index in [-0.39, 0.29) is 12.4 Å². The number of primary amides is 1. The van der Waals surface area contributed by atoms with Gasteiger partial charge in [0.15, 0.2) is 0 Å². The van der Waals surface area contributed by atoms with Crippen LogP contribution < -0.4 is 5.73 Å². The Bertz CT molecular complexity index is 720. The van der Waals surface area contributed by atoms with Gasteiger partial charge in [0.25, 0.3) is 0 Å². The SMILES string of the molecule is CC(C)(C)OC(=O)C(CCC(N)=O)c1cnc2ccccc2c1. The van der Waals surface area contributed by atoms with Crippen LogP contribution in [0.5, 0.6) is 0 Å². The molecule has 0 bridgehead atoms. The van der Waals surface area contributed by atoms with E-state index in [4.69, 9.17) is 10.5 Å². The van der Waals surface area contributed by atoms with Crippen molar-refractivity contribution in [2.24, 2.45) is 5.73 Å². The molecule has 0 radical (unpaired) electrons. The Morgan fingerprint density at radius 3 is 2.61 bits per heavy atom. The van der Waals surface area contributed by atoms with Gasteiger partial charge in [0.05, 0.1) is 11.4 Å². The van der Waals surface area contributed by atoms with Crippen molar-refractivity contribution in [3.8, 4) is 0 Å². The number of nitrogens with two attached hydrogens (primary N) is 1. The molecule has 1 heterocycles. The number of para-hydroxylation sites is 1. The summed E-state index contributed by atoms with van der Waals surface area (Å²) < 4.78 is 5.48. The van der Waals surface area contributed by atoms with Gasteiger partial charge in [-0.15, -0.1) is 0 Å². The molecule has 2 N–H and O–H groups in total. The summed E-state index contributed by atoms with van der Waals surface area (Å²) in [5.41, 5.74) is 6.23. The number of amides is 1. The number of rotatable bonds is 5. The van der Waals surface area contributed by atoms with E-state index in [1.807, 2.05) is 51.1 Å². The van der Waals surface area contributed by atoms with Gasteiger partial charge in [-0.1, -0.05) is 18.2 Å². The summed E-state index contributed by atoms with van der Waals surface area (Å²) in [6, 6.07) is 9.59. The van der Waals surface area contributed by atoms with E-state index >= 15 is 0 Å². The topological polar surface area (TPSA) is 82.3 Å². The highest BCUT2D eigenvalue weighted by molar-refractivity contribution is 5.84. The third-order valence-corrected chi connectivity index (χ3v) is 3.38. The highest BCUT2D eigenvalue weighted by Gasteiger charge is 2.27. The van der Waals surface area contributed by atoms with Gasteiger partial charge in [-0.05, 0) is 44.9 Å². The Kier molecular flexibility index (Phi) is 4.98. The van der Waals surface area contributed by atoms with Crippen LogP contribution in [-0.4, -0.2) is 22.5 Å². The van der Waals surface area contributed by atoms with Crippen LogP contribution in [0.25, 0.3) is 10.9 Å². The van der Waals surface area contributed by atoms with E-state index < -0.39 is 17.4 Å². The minimum Gasteiger partial charge on any atom is -0.459 e. The summed E-state index contributed by atoms with van der Waals surface area (Å²) in [5.74, 6) is -1.36. The zero-order valence-electron chi connectivity index (χ0n) is 13.7. The quantitative estimate of drug-likeness (QED) is 0.860. The highest BCUT2D eigenvalue weighted by atomic mass is 16.6. The molecule has 1 aromatic carbocycles. The molecule has 0 saturated heterocycles. The van der Waals surface area contributed by atoms with Crippen molar-refractivity contribution >= 4 is 22.8 Å². The van der Waals surface area contributed by atoms with Crippen LogP contribution in [0.15, 0.2) is 36.5 Å². The molecule has 2 rings (SSSR count). The normalized spacial score (nSPS) is 12.8. The smallest absolute Gasteiger partial charge is 0.314 e. The Morgan fingerprint density at radius 2 is 1.96 bits per heavy atom. The molecule has 0 aliphatic carbocycles. The summed E-state index contributed by atoms with van der Waals surface area (Å²) >= 11 is 0. The minimum absolute atomic E-state index is 0.122. The monoisotopic (exact) mass is 314 g/mol. The van der Waals surface area contributed by atoms with Gasteiger partial charge in [-0.3, -0.25) is 14.6 Å². The van der Waals surface area contributed by atoms with E-state index in [0.29, 0.717) is 6.42 Å². The molecule has 0 aliphatic rings. The lowest BCUT2D eigenvalue weighted by atomic mass is 9.94. The standard InChI is InChI=1S/C18H22N2O3/c1-18(2,3)23-17(22)14(8-9-16(19)21)13-10-12-6-4-5-7-15(12)20-11-13/h4-7,10-11,14H,8-9H2,1-3H3,(H2,19,21). The number of hydrogen-bond acceptors (Lipinski definition) is 4. The van der Waals surface area contributed by atoms with Gasteiger partial charge >= 0.3 is 5.97 Å². The molecule has 0 aliphatic heterocycles. The molecular weight excluding hydrogens is 292 g/mol. The number of fused-ring (bicyclic) bond motifs is 1. The third kappa shape index (κ3) is 4.77. The zero-order chi connectivity index (χ0) is 17.0. The molecule has 23 heavy (non-hydrogen) atoms. The van der Waals surface area contributed by atoms with E-state index in [1.54, 1.807) is 6.20 Å². The van der Waals surface area contributed by atoms with Crippen molar-refractivity contribution in [1.82, 2.24) is 4.98 Å². The number of esters is 1. The maximum atomic E-state index is 12.5. The van der Waals surface area contributed by atoms with Crippen LogP contribution in [0, 0.1) is 0 Å². The predicted molar refractivity (Wildman–Crippen MR) is 88.8 cm³/mol. The summed E-state index contributed by atoms with van der Waals surface area (Å²) in [6.45, 7) is 5.44. The van der Waals surface area contributed by atoms with Gasteiger partial charge < -0.3 is 10.5 Å². The van der Waals surface area contributed by atoms with Gasteiger partial charge in [0.2, 0.25) is 5.91 Å². The van der Waals surface area contributed by atoms with Crippen molar-refractivity contribution in [1.29, 1.82) is 0 Å². The average Bonchev–Trinajstić information content (AvgIpc) is 2.45. The molecule has 5 nitrogen and oxygen atoms in total. The maximum absolute atomic E-state index is 12.5. The fraction of sp³-hybridized carbons (Fsp3) is 0.389. The summed E-state index contributed by atoms with van der Waals surface area (Å²) in [6.07, 6.45) is 2.10. The highest BCUT2D eigenvalue weighted by Crippen LogP contribution is 2.27. The number of carbonyl (C=O) groups is 2. The number of nitrogens with zero attached hydrogens (tertiary/aromatic N) is 1. The van der Waals surface area contributed by atoms with Crippen LogP contribution in [0.1, 0.15) is 45.1 Å². The second-order valence-corrected chi connectivity index (χ2v) is 6.55. The minimum atomic E-state index is -0.591. The lowest BCUT2D eigenvalue weighted by Crippen LogP contribution is -2.28. The molecule has 1 amide bonds. The summed E-state index contributed by atoms with van der Waals surface area (Å²) in [4.78, 5) is 28.0. The first-order valence-corrected chi connectivity index (χ1v) is 7.62. The van der Waals surface area contributed by atoms with Crippen molar-refractivity contribution in [3.63, 3.8) is 0 Å². The predicted octanol–water partition coefficient (Wildman–Crippen LogP) is 2.93. The molecule has 1 atom stereocenters. The Hall–Kier alpha value is -2.43. The first kappa shape index (κ1) is 16.9. The number of carbonyl (C=O) groups excluding carboxylic acids is 2. The largest absolute Gasteiger partial charge is 0.459 e. The number of pyridine rings is 1. The Balaban J connectivity index is 2.33. The van der Waals surface area contributed by atoms with Crippen LogP contribution >= 0.6 is 0 Å². The molecule has 1 aromatic heterocycles. The first-order valence-electron chi connectivity index (χ1n) is 7.62. The number of aromatic nitrogens is 1. The van der Waals surface area contributed by atoms with E-state index in [0.717, 1.165) is 16.5 Å². The van der Waals surface area contributed by atoms with Crippen molar-refractivity contribution in [2.45, 2.75) is 45.1 Å². The summed E-state index contributed by atoms with van der Waals surface area (Å²) in [5, 5.41) is 0.942. The second-order valence-electron chi connectivity index (χ2n) is 6.55. The number of benzene rings is 1. The van der Waals surface area contributed by atoms with Gasteiger partial charge in [0, 0.05) is 18.0 Å². The zero-order valence-corrected chi connectivity index (χ0v) is 13.7. The fourth-order valence-corrected chi connectivity index (χ4v) is 2.36. The lowest BCUT2D eigenvalue weighted by Gasteiger charge is -2.24. The Morgan fingerprint density at radius 1 is 1.26 bits per heavy atom. The van der Waals surface area contributed by atoms with E-state index in [2.05, 4.69) is 4.98 Å². The van der Waals surface area contributed by atoms with Gasteiger partial charge in [0.1, 0.15) is 5.60 Å². The average molecular weight is 314 g/mol. The van der Waals surface area contributed by atoms with Crippen molar-refractivity contribution in [3.05, 3.63) is 42.1 Å². The molecule has 0 fully saturated rings. The fourth-order valence-electron chi connectivity index (χ4n) is 2.36. The lowest BCUT2D eigenvalue weighted by molar-refractivity contribution is -0.157. The van der Waals surface area contributed by atoms with E-state index in [1.165, 1.54) is 0 Å². The van der Waals surface area contributed by atoms with Crippen molar-refractivity contribution < 1.29 is 14.3 Å². The number of ether oxygens (including phenoxy) is 1. The molecule has 0 saturated carbocycles. The first-order chi connectivity index (χ1) is 10.8. The molecule has 1 unspecified atom stereocenters. The Labute approximate surface area is 135 Å². The van der Waals surface area contributed by atoms with Crippen molar-refractivity contribution in [2.75, 3.05) is 0 Å². The van der Waals surface area contributed by atoms with Crippen LogP contribution in [0.3, 0.4) is 0 Å². The van der Waals surface area contributed by atoms with Crippen LogP contribution in [0.4, 0.5) is 0 Å². The molecule has 2 aromatic rings. The van der Waals surface area contributed by atoms with E-state index in [9.17, 15) is 9.59 Å². The summed E-state index contributed by atoms with van der Waals surface area (Å²) in [7, 11) is 0. The number of hydrogen-bond donors (Lipinski definition) is 1. The van der Waals surface area contributed by atoms with Crippen LogP contribution in [0.2, 0.25) is 0 Å². The molecule has 0 spiro atoms. The third-order valence-electron chi connectivity index (χ3n) is 3.38. The second kappa shape index (κ2) is 6.77. The molecular formula is C18H22N2O3. The van der Waals surface area contributed by atoms with Gasteiger partial charge in [-0.2, -0.15) is 0 Å². The van der Waals surface area contributed by atoms with Crippen LogP contribution in [-0.2, 0) is 14.3 Å². The molecule has 122 valence electrons.